The highest BCUT2D eigenvalue weighted by Gasteiger charge is 2.24. The molecule has 0 radical (unpaired) electrons. The molecule has 4 nitrogen and oxygen atoms in total. The standard InChI is InChI=1S/C17H28N2O2.2ClH/c1-3-4-5-6-16(19-11-9-18-10-12-19)15-8-7-14(21-2)13-17(15)20;;/h7-8,13,16,18,20H,3-6,9-12H2,1-2H3;2*1H/t16-;;/m0../s1. The van der Waals surface area contributed by atoms with Crippen LogP contribution < -0.4 is 10.1 Å². The molecule has 1 saturated heterocycles. The van der Waals surface area contributed by atoms with Crippen LogP contribution in [0, 0.1) is 0 Å². The largest absolute Gasteiger partial charge is 0.507 e. The fourth-order valence-corrected chi connectivity index (χ4v) is 3.05. The average molecular weight is 365 g/mol. The Morgan fingerprint density at radius 3 is 2.48 bits per heavy atom. The molecule has 0 aliphatic carbocycles. The second-order valence-electron chi connectivity index (χ2n) is 5.72. The van der Waals surface area contributed by atoms with E-state index in [9.17, 15) is 5.11 Å². The predicted molar refractivity (Wildman–Crippen MR) is 100 cm³/mol. The fraction of sp³-hybridized carbons (Fsp3) is 0.647. The summed E-state index contributed by atoms with van der Waals surface area (Å²) >= 11 is 0. The first-order valence-electron chi connectivity index (χ1n) is 8.08. The van der Waals surface area contributed by atoms with Gasteiger partial charge in [-0.3, -0.25) is 4.90 Å². The second kappa shape index (κ2) is 11.8. The third kappa shape index (κ3) is 6.38. The lowest BCUT2D eigenvalue weighted by Gasteiger charge is -2.35. The first kappa shape index (κ1) is 22.3. The molecule has 0 saturated carbocycles. The molecule has 134 valence electrons. The lowest BCUT2D eigenvalue weighted by molar-refractivity contribution is 0.160. The molecule has 0 bridgehead atoms. The summed E-state index contributed by atoms with van der Waals surface area (Å²) in [4.78, 5) is 2.49. The smallest absolute Gasteiger partial charge is 0.124 e. The summed E-state index contributed by atoms with van der Waals surface area (Å²) in [5.74, 6) is 1.07. The van der Waals surface area contributed by atoms with Gasteiger partial charge in [0.15, 0.2) is 0 Å². The van der Waals surface area contributed by atoms with Crippen molar-refractivity contribution in [3.63, 3.8) is 0 Å². The number of phenolic OH excluding ortho intramolecular Hbond substituents is 1. The zero-order valence-corrected chi connectivity index (χ0v) is 15.7. The maximum Gasteiger partial charge on any atom is 0.124 e. The Labute approximate surface area is 152 Å². The molecule has 0 amide bonds. The van der Waals surface area contributed by atoms with E-state index in [0.29, 0.717) is 17.5 Å². The Morgan fingerprint density at radius 2 is 1.91 bits per heavy atom. The van der Waals surface area contributed by atoms with Crippen LogP contribution in [0.15, 0.2) is 18.2 Å². The number of halogens is 2. The minimum absolute atomic E-state index is 0. The van der Waals surface area contributed by atoms with Crippen LogP contribution in [-0.4, -0.2) is 43.3 Å². The maximum atomic E-state index is 10.4. The van der Waals surface area contributed by atoms with Crippen LogP contribution in [0.3, 0.4) is 0 Å². The number of nitrogens with zero attached hydrogens (tertiary/aromatic N) is 1. The molecule has 0 spiro atoms. The summed E-state index contributed by atoms with van der Waals surface area (Å²) in [5, 5.41) is 13.8. The van der Waals surface area contributed by atoms with E-state index in [1.807, 2.05) is 12.1 Å². The molecule has 1 atom stereocenters. The van der Waals surface area contributed by atoms with Crippen molar-refractivity contribution in [1.29, 1.82) is 0 Å². The van der Waals surface area contributed by atoms with Crippen LogP contribution in [0.1, 0.15) is 44.2 Å². The first-order valence-corrected chi connectivity index (χ1v) is 8.08. The van der Waals surface area contributed by atoms with Gasteiger partial charge in [0.2, 0.25) is 0 Å². The number of ether oxygens (including phenoxy) is 1. The highest BCUT2D eigenvalue weighted by atomic mass is 35.5. The minimum Gasteiger partial charge on any atom is -0.507 e. The maximum absolute atomic E-state index is 10.4. The number of methoxy groups -OCH3 is 1. The zero-order valence-electron chi connectivity index (χ0n) is 14.1. The Balaban J connectivity index is 0.00000242. The van der Waals surface area contributed by atoms with E-state index < -0.39 is 0 Å². The molecule has 1 heterocycles. The Hall–Kier alpha value is -0.680. The van der Waals surface area contributed by atoms with Crippen molar-refractivity contribution in [2.24, 2.45) is 0 Å². The zero-order chi connectivity index (χ0) is 15.1. The van der Waals surface area contributed by atoms with Gasteiger partial charge in [0, 0.05) is 43.9 Å². The number of hydrogen-bond donors (Lipinski definition) is 2. The van der Waals surface area contributed by atoms with Crippen LogP contribution in [0.2, 0.25) is 0 Å². The quantitative estimate of drug-likeness (QED) is 0.722. The number of benzene rings is 1. The molecule has 23 heavy (non-hydrogen) atoms. The van der Waals surface area contributed by atoms with Crippen molar-refractivity contribution in [3.05, 3.63) is 23.8 Å². The van der Waals surface area contributed by atoms with Gasteiger partial charge < -0.3 is 15.2 Å². The summed E-state index contributed by atoms with van der Waals surface area (Å²) in [7, 11) is 1.63. The van der Waals surface area contributed by atoms with Gasteiger partial charge in [-0.05, 0) is 12.5 Å². The van der Waals surface area contributed by atoms with Gasteiger partial charge in [0.05, 0.1) is 7.11 Å². The normalized spacial score (nSPS) is 16.1. The molecule has 0 aromatic heterocycles. The molecule has 1 aliphatic heterocycles. The summed E-state index contributed by atoms with van der Waals surface area (Å²) < 4.78 is 5.19. The highest BCUT2D eigenvalue weighted by molar-refractivity contribution is 5.85. The van der Waals surface area contributed by atoms with E-state index in [1.54, 1.807) is 13.2 Å². The number of nitrogens with one attached hydrogen (secondary N) is 1. The summed E-state index contributed by atoms with van der Waals surface area (Å²) in [6.45, 7) is 6.37. The van der Waals surface area contributed by atoms with Crippen LogP contribution in [0.4, 0.5) is 0 Å². The first-order chi connectivity index (χ1) is 10.3. The molecule has 1 aromatic rings. The summed E-state index contributed by atoms with van der Waals surface area (Å²) in [6.07, 6.45) is 4.78. The highest BCUT2D eigenvalue weighted by Crippen LogP contribution is 2.35. The average Bonchev–Trinajstić information content (AvgIpc) is 2.53. The molecule has 2 rings (SSSR count). The van der Waals surface area contributed by atoms with Crippen LogP contribution in [-0.2, 0) is 0 Å². The SMILES string of the molecule is CCCCC[C@@H](c1ccc(OC)cc1O)N1CCNCC1.Cl.Cl. The molecular weight excluding hydrogens is 335 g/mol. The van der Waals surface area contributed by atoms with Crippen LogP contribution >= 0.6 is 24.8 Å². The summed E-state index contributed by atoms with van der Waals surface area (Å²) in [5.41, 5.74) is 1.04. The van der Waals surface area contributed by atoms with Gasteiger partial charge in [-0.1, -0.05) is 32.3 Å². The Bertz CT molecular complexity index is 441. The number of aromatic hydroxyl groups is 1. The van der Waals surface area contributed by atoms with E-state index in [4.69, 9.17) is 4.74 Å². The van der Waals surface area contributed by atoms with Gasteiger partial charge in [-0.15, -0.1) is 24.8 Å². The number of hydrogen-bond acceptors (Lipinski definition) is 4. The molecule has 2 N–H and O–H groups in total. The third-order valence-electron chi connectivity index (χ3n) is 4.27. The van der Waals surface area contributed by atoms with Gasteiger partial charge in [-0.25, -0.2) is 0 Å². The van der Waals surface area contributed by atoms with E-state index >= 15 is 0 Å². The van der Waals surface area contributed by atoms with Crippen molar-refractivity contribution in [2.45, 2.75) is 38.6 Å². The topological polar surface area (TPSA) is 44.7 Å². The lowest BCUT2D eigenvalue weighted by Crippen LogP contribution is -2.45. The molecule has 1 fully saturated rings. The Morgan fingerprint density at radius 1 is 1.22 bits per heavy atom. The van der Waals surface area contributed by atoms with E-state index in [0.717, 1.165) is 38.2 Å². The van der Waals surface area contributed by atoms with Gasteiger partial charge in [-0.2, -0.15) is 0 Å². The predicted octanol–water partition coefficient (Wildman–Crippen LogP) is 3.77. The fourth-order valence-electron chi connectivity index (χ4n) is 3.05. The third-order valence-corrected chi connectivity index (χ3v) is 4.27. The molecule has 6 heteroatoms. The van der Waals surface area contributed by atoms with E-state index in [1.165, 1.54) is 19.3 Å². The van der Waals surface area contributed by atoms with Crippen molar-refractivity contribution in [3.8, 4) is 11.5 Å². The molecule has 1 aliphatic rings. The number of piperazine rings is 1. The number of phenols is 1. The van der Waals surface area contributed by atoms with Gasteiger partial charge >= 0.3 is 0 Å². The van der Waals surface area contributed by atoms with E-state index in [-0.39, 0.29) is 24.8 Å². The van der Waals surface area contributed by atoms with E-state index in [2.05, 4.69) is 17.1 Å². The van der Waals surface area contributed by atoms with Crippen molar-refractivity contribution in [2.75, 3.05) is 33.3 Å². The second-order valence-corrected chi connectivity index (χ2v) is 5.72. The molecular formula is C17H30Cl2N2O2. The molecule has 0 unspecified atom stereocenters. The lowest BCUT2D eigenvalue weighted by atomic mass is 9.97. The van der Waals surface area contributed by atoms with Crippen LogP contribution in [0.5, 0.6) is 11.5 Å². The number of rotatable bonds is 7. The van der Waals surface area contributed by atoms with Crippen molar-refractivity contribution in [1.82, 2.24) is 10.2 Å². The van der Waals surface area contributed by atoms with Crippen molar-refractivity contribution < 1.29 is 9.84 Å². The minimum atomic E-state index is 0. The molecule has 1 aromatic carbocycles. The van der Waals surface area contributed by atoms with Gasteiger partial charge in [0.25, 0.3) is 0 Å². The van der Waals surface area contributed by atoms with Crippen molar-refractivity contribution >= 4 is 24.8 Å². The Kier molecular flexibility index (Phi) is 11.4. The van der Waals surface area contributed by atoms with Crippen LogP contribution in [0.25, 0.3) is 0 Å². The monoisotopic (exact) mass is 364 g/mol. The summed E-state index contributed by atoms with van der Waals surface area (Å²) in [6, 6.07) is 6.01. The van der Waals surface area contributed by atoms with Gasteiger partial charge in [0.1, 0.15) is 11.5 Å². The number of unbranched alkanes of at least 4 members (excludes halogenated alkanes) is 2.